The molecule has 0 amide bonds. The number of hydrogen-bond acceptors (Lipinski definition) is 4. The van der Waals surface area contributed by atoms with Crippen molar-refractivity contribution in [3.63, 3.8) is 0 Å². The summed E-state index contributed by atoms with van der Waals surface area (Å²) >= 11 is 0. The van der Waals surface area contributed by atoms with Gasteiger partial charge in [0.25, 0.3) is 0 Å². The largest absolute Gasteiger partial charge is 0.505 e. The number of phenolic OH excluding ortho intramolecular Hbond substituents is 1. The summed E-state index contributed by atoms with van der Waals surface area (Å²) in [5, 5.41) is 13.1. The van der Waals surface area contributed by atoms with Crippen LogP contribution in [0.15, 0.2) is 36.7 Å². The van der Waals surface area contributed by atoms with Gasteiger partial charge in [-0.1, -0.05) is 0 Å². The van der Waals surface area contributed by atoms with Crippen LogP contribution in [0.25, 0.3) is 0 Å². The van der Waals surface area contributed by atoms with Gasteiger partial charge in [-0.05, 0) is 43.7 Å². The maximum atomic E-state index is 11.4. The Morgan fingerprint density at radius 2 is 1.94 bits per heavy atom. The zero-order valence-electron chi connectivity index (χ0n) is 10.3. The number of rotatable bonds is 3. The predicted molar refractivity (Wildman–Crippen MR) is 70.4 cm³/mol. The molecule has 4 heteroatoms. The normalized spacial score (nSPS) is 10.1. The molecule has 0 aliphatic heterocycles. The van der Waals surface area contributed by atoms with Crippen LogP contribution in [0, 0.1) is 6.92 Å². The third-order valence-corrected chi connectivity index (χ3v) is 2.59. The van der Waals surface area contributed by atoms with Crippen LogP contribution in [0.2, 0.25) is 0 Å². The number of carbonyl (C=O) groups excluding carboxylic acids is 1. The summed E-state index contributed by atoms with van der Waals surface area (Å²) in [7, 11) is 0. The van der Waals surface area contributed by atoms with Crippen LogP contribution in [0.1, 0.15) is 22.8 Å². The van der Waals surface area contributed by atoms with Crippen LogP contribution in [0.3, 0.4) is 0 Å². The Hall–Kier alpha value is -2.36. The molecule has 0 unspecified atom stereocenters. The maximum Gasteiger partial charge on any atom is 0.163 e. The lowest BCUT2D eigenvalue weighted by Crippen LogP contribution is -1.98. The molecule has 2 N–H and O–H groups in total. The molecule has 1 heterocycles. The Morgan fingerprint density at radius 3 is 2.56 bits per heavy atom. The molecule has 0 saturated heterocycles. The fourth-order valence-corrected chi connectivity index (χ4v) is 1.73. The Morgan fingerprint density at radius 1 is 1.28 bits per heavy atom. The SMILES string of the molecule is CC(=O)c1cc(C)cc(Nc2ccncc2)c1O. The summed E-state index contributed by atoms with van der Waals surface area (Å²) in [6, 6.07) is 7.04. The van der Waals surface area contributed by atoms with Crippen LogP contribution in [0.5, 0.6) is 5.75 Å². The number of nitrogens with zero attached hydrogens (tertiary/aromatic N) is 1. The molecule has 0 spiro atoms. The van der Waals surface area contributed by atoms with E-state index < -0.39 is 0 Å². The number of Topliss-reactive ketones (excluding diaryl/α,β-unsaturated/α-hetero) is 1. The van der Waals surface area contributed by atoms with E-state index in [9.17, 15) is 9.90 Å². The van der Waals surface area contributed by atoms with Crippen molar-refractivity contribution in [1.29, 1.82) is 0 Å². The number of pyridine rings is 1. The number of ketones is 1. The van der Waals surface area contributed by atoms with Crippen molar-refractivity contribution in [1.82, 2.24) is 4.98 Å². The van der Waals surface area contributed by atoms with Gasteiger partial charge in [-0.2, -0.15) is 0 Å². The van der Waals surface area contributed by atoms with Gasteiger partial charge in [0.2, 0.25) is 0 Å². The highest BCUT2D eigenvalue weighted by Gasteiger charge is 2.12. The number of benzene rings is 1. The number of nitrogens with one attached hydrogen (secondary N) is 1. The third kappa shape index (κ3) is 2.48. The van der Waals surface area contributed by atoms with E-state index in [-0.39, 0.29) is 11.5 Å². The lowest BCUT2D eigenvalue weighted by molar-refractivity contribution is 0.101. The third-order valence-electron chi connectivity index (χ3n) is 2.59. The van der Waals surface area contributed by atoms with Crippen molar-refractivity contribution in [2.75, 3.05) is 5.32 Å². The maximum absolute atomic E-state index is 11.4. The Bertz CT molecular complexity index is 580. The van der Waals surface area contributed by atoms with Crippen LogP contribution in [-0.4, -0.2) is 15.9 Å². The molecular formula is C14H14N2O2. The highest BCUT2D eigenvalue weighted by Crippen LogP contribution is 2.31. The topological polar surface area (TPSA) is 62.2 Å². The van der Waals surface area contributed by atoms with Crippen LogP contribution < -0.4 is 5.32 Å². The number of aryl methyl sites for hydroxylation is 1. The Labute approximate surface area is 105 Å². The molecule has 1 aromatic heterocycles. The second-order valence-electron chi connectivity index (χ2n) is 4.13. The van der Waals surface area contributed by atoms with Gasteiger partial charge < -0.3 is 10.4 Å². The average molecular weight is 242 g/mol. The smallest absolute Gasteiger partial charge is 0.163 e. The molecule has 0 bridgehead atoms. The molecule has 2 rings (SSSR count). The van der Waals surface area contributed by atoms with Crippen molar-refractivity contribution >= 4 is 17.2 Å². The molecular weight excluding hydrogens is 228 g/mol. The number of anilines is 2. The molecule has 0 aliphatic rings. The Balaban J connectivity index is 2.42. The highest BCUT2D eigenvalue weighted by molar-refractivity contribution is 5.99. The van der Waals surface area contributed by atoms with E-state index in [1.165, 1.54) is 6.92 Å². The second-order valence-corrected chi connectivity index (χ2v) is 4.13. The highest BCUT2D eigenvalue weighted by atomic mass is 16.3. The molecule has 2 aromatic rings. The summed E-state index contributed by atoms with van der Waals surface area (Å²) < 4.78 is 0. The zero-order valence-corrected chi connectivity index (χ0v) is 10.3. The minimum atomic E-state index is -0.158. The van der Waals surface area contributed by atoms with Crippen LogP contribution in [-0.2, 0) is 0 Å². The number of phenols is 1. The number of carbonyl (C=O) groups is 1. The standard InChI is InChI=1S/C14H14N2O2/c1-9-7-12(10(2)17)14(18)13(8-9)16-11-3-5-15-6-4-11/h3-8,18H,1-2H3,(H,15,16). The molecule has 0 saturated carbocycles. The van der Waals surface area contributed by atoms with Gasteiger partial charge in [0.1, 0.15) is 5.75 Å². The quantitative estimate of drug-likeness (QED) is 0.641. The first-order chi connectivity index (χ1) is 8.58. The zero-order chi connectivity index (χ0) is 13.1. The molecule has 0 radical (unpaired) electrons. The Kier molecular flexibility index (Phi) is 3.28. The summed E-state index contributed by atoms with van der Waals surface area (Å²) in [6.45, 7) is 3.31. The van der Waals surface area contributed by atoms with E-state index in [0.29, 0.717) is 11.3 Å². The molecule has 4 nitrogen and oxygen atoms in total. The number of aromatic hydroxyl groups is 1. The lowest BCUT2D eigenvalue weighted by Gasteiger charge is -2.12. The van der Waals surface area contributed by atoms with Gasteiger partial charge in [0, 0.05) is 18.1 Å². The summed E-state index contributed by atoms with van der Waals surface area (Å²) in [5.41, 5.74) is 2.56. The molecule has 92 valence electrons. The van der Waals surface area contributed by atoms with Crippen LogP contribution >= 0.6 is 0 Å². The molecule has 1 aromatic carbocycles. The van der Waals surface area contributed by atoms with Gasteiger partial charge in [-0.15, -0.1) is 0 Å². The monoisotopic (exact) mass is 242 g/mol. The molecule has 0 fully saturated rings. The minimum Gasteiger partial charge on any atom is -0.505 e. The van der Waals surface area contributed by atoms with Gasteiger partial charge in [0.15, 0.2) is 5.78 Å². The summed E-state index contributed by atoms with van der Waals surface area (Å²) in [5.74, 6) is -0.182. The summed E-state index contributed by atoms with van der Waals surface area (Å²) in [4.78, 5) is 15.3. The molecule has 0 aliphatic carbocycles. The van der Waals surface area contributed by atoms with Gasteiger partial charge in [0.05, 0.1) is 11.3 Å². The van der Waals surface area contributed by atoms with Gasteiger partial charge in [-0.3, -0.25) is 9.78 Å². The summed E-state index contributed by atoms with van der Waals surface area (Å²) in [6.07, 6.45) is 3.31. The second kappa shape index (κ2) is 4.87. The van der Waals surface area contributed by atoms with E-state index in [1.807, 2.05) is 6.92 Å². The molecule has 0 atom stereocenters. The first kappa shape index (κ1) is 12.1. The average Bonchev–Trinajstić information content (AvgIpc) is 2.34. The van der Waals surface area contributed by atoms with Crippen LogP contribution in [0.4, 0.5) is 11.4 Å². The lowest BCUT2D eigenvalue weighted by atomic mass is 10.1. The van der Waals surface area contributed by atoms with Gasteiger partial charge >= 0.3 is 0 Å². The molecule has 18 heavy (non-hydrogen) atoms. The van der Waals surface area contributed by atoms with E-state index >= 15 is 0 Å². The van der Waals surface area contributed by atoms with E-state index in [2.05, 4.69) is 10.3 Å². The van der Waals surface area contributed by atoms with Gasteiger partial charge in [-0.25, -0.2) is 0 Å². The predicted octanol–water partition coefficient (Wildman–Crippen LogP) is 3.04. The van der Waals surface area contributed by atoms with E-state index in [1.54, 1.807) is 36.7 Å². The number of hydrogen-bond donors (Lipinski definition) is 2. The fraction of sp³-hybridized carbons (Fsp3) is 0.143. The van der Waals surface area contributed by atoms with Crippen molar-refractivity contribution in [3.8, 4) is 5.75 Å². The van der Waals surface area contributed by atoms with E-state index in [4.69, 9.17) is 0 Å². The first-order valence-electron chi connectivity index (χ1n) is 5.59. The fourth-order valence-electron chi connectivity index (χ4n) is 1.73. The minimum absolute atomic E-state index is 0.0232. The van der Waals surface area contributed by atoms with Crippen molar-refractivity contribution in [2.24, 2.45) is 0 Å². The van der Waals surface area contributed by atoms with Crippen molar-refractivity contribution in [3.05, 3.63) is 47.8 Å². The van der Waals surface area contributed by atoms with Crippen molar-refractivity contribution in [2.45, 2.75) is 13.8 Å². The number of aromatic nitrogens is 1. The van der Waals surface area contributed by atoms with Crippen molar-refractivity contribution < 1.29 is 9.90 Å². The van der Waals surface area contributed by atoms with E-state index in [0.717, 1.165) is 11.3 Å². The first-order valence-corrected chi connectivity index (χ1v) is 5.59.